The van der Waals surface area contributed by atoms with E-state index in [4.69, 9.17) is 4.74 Å². The van der Waals surface area contributed by atoms with E-state index in [1.54, 1.807) is 19.3 Å². The highest BCUT2D eigenvalue weighted by Gasteiger charge is 2.30. The van der Waals surface area contributed by atoms with Gasteiger partial charge in [-0.3, -0.25) is 9.59 Å². The molecule has 1 N–H and O–H groups in total. The number of benzene rings is 1. The zero-order valence-corrected chi connectivity index (χ0v) is 12.9. The van der Waals surface area contributed by atoms with Crippen molar-refractivity contribution in [3.05, 3.63) is 56.9 Å². The number of nitrogens with one attached hydrogen (secondary N) is 1. The summed E-state index contributed by atoms with van der Waals surface area (Å²) >= 11 is 3.31. The first-order valence-electron chi connectivity index (χ1n) is 6.45. The maximum absolute atomic E-state index is 12.4. The number of carbonyl (C=O) groups is 1. The molecule has 1 atom stereocenters. The quantitative estimate of drug-likeness (QED) is 0.905. The van der Waals surface area contributed by atoms with Crippen LogP contribution < -0.4 is 15.6 Å². The molecule has 1 aromatic heterocycles. The molecule has 108 valence electrons. The lowest BCUT2D eigenvalue weighted by Crippen LogP contribution is -2.28. The zero-order chi connectivity index (χ0) is 15.0. The van der Waals surface area contributed by atoms with E-state index in [1.165, 1.54) is 4.57 Å². The molecule has 0 bridgehead atoms. The summed E-state index contributed by atoms with van der Waals surface area (Å²) in [5, 5.41) is 2.69. The number of fused-ring (bicyclic) bond motifs is 1. The Balaban J connectivity index is 1.87. The average Bonchev–Trinajstić information content (AvgIpc) is 2.88. The van der Waals surface area contributed by atoms with E-state index < -0.39 is 5.92 Å². The van der Waals surface area contributed by atoms with Crippen LogP contribution in [0.1, 0.15) is 11.5 Å². The van der Waals surface area contributed by atoms with Crippen molar-refractivity contribution in [2.45, 2.75) is 5.92 Å². The van der Waals surface area contributed by atoms with Crippen molar-refractivity contribution in [3.8, 4) is 5.75 Å². The smallest absolute Gasteiger partial charge is 0.274 e. The number of halogens is 1. The van der Waals surface area contributed by atoms with Gasteiger partial charge in [-0.2, -0.15) is 0 Å². The molecular formula is C15H13BrN2O3. The van der Waals surface area contributed by atoms with Crippen LogP contribution in [0.5, 0.6) is 5.75 Å². The van der Waals surface area contributed by atoms with Crippen LogP contribution >= 0.6 is 15.9 Å². The van der Waals surface area contributed by atoms with Gasteiger partial charge in [0, 0.05) is 23.3 Å². The lowest BCUT2D eigenvalue weighted by Gasteiger charge is -2.11. The van der Waals surface area contributed by atoms with Crippen LogP contribution in [0.4, 0.5) is 5.69 Å². The van der Waals surface area contributed by atoms with Gasteiger partial charge in [0.05, 0.1) is 0 Å². The molecule has 1 aromatic carbocycles. The highest BCUT2D eigenvalue weighted by Crippen LogP contribution is 2.34. The molecule has 2 aromatic rings. The van der Waals surface area contributed by atoms with Crippen LogP contribution in [-0.2, 0) is 11.8 Å². The number of hydrogen-bond acceptors (Lipinski definition) is 3. The number of rotatable bonds is 2. The summed E-state index contributed by atoms with van der Waals surface area (Å²) < 4.78 is 7.63. The van der Waals surface area contributed by atoms with Crippen LogP contribution in [0, 0.1) is 0 Å². The fourth-order valence-electron chi connectivity index (χ4n) is 2.36. The van der Waals surface area contributed by atoms with Crippen LogP contribution in [-0.4, -0.2) is 17.1 Å². The summed E-state index contributed by atoms with van der Waals surface area (Å²) in [6.07, 6.45) is 1.64. The van der Waals surface area contributed by atoms with Crippen LogP contribution in [0.2, 0.25) is 0 Å². The molecule has 21 heavy (non-hydrogen) atoms. The molecule has 1 aliphatic rings. The fourth-order valence-corrected chi connectivity index (χ4v) is 2.90. The number of para-hydroxylation sites is 1. The van der Waals surface area contributed by atoms with Crippen molar-refractivity contribution < 1.29 is 9.53 Å². The molecule has 0 unspecified atom stereocenters. The number of anilines is 1. The Morgan fingerprint density at radius 3 is 3.00 bits per heavy atom. The first-order valence-corrected chi connectivity index (χ1v) is 7.24. The fraction of sp³-hybridized carbons (Fsp3) is 0.200. The molecule has 0 saturated carbocycles. The number of hydrogen-bond donors (Lipinski definition) is 1. The third-order valence-corrected chi connectivity index (χ3v) is 3.86. The van der Waals surface area contributed by atoms with Gasteiger partial charge >= 0.3 is 0 Å². The summed E-state index contributed by atoms with van der Waals surface area (Å²) in [7, 11) is 1.64. The van der Waals surface area contributed by atoms with Gasteiger partial charge in [0.1, 0.15) is 24.0 Å². The second kappa shape index (κ2) is 5.37. The molecule has 6 heteroatoms. The second-order valence-electron chi connectivity index (χ2n) is 4.88. The molecule has 0 radical (unpaired) electrons. The van der Waals surface area contributed by atoms with Gasteiger partial charge in [-0.25, -0.2) is 0 Å². The Hall–Kier alpha value is -2.08. The van der Waals surface area contributed by atoms with Crippen LogP contribution in [0.3, 0.4) is 0 Å². The van der Waals surface area contributed by atoms with Gasteiger partial charge in [0.2, 0.25) is 5.91 Å². The number of aromatic nitrogens is 1. The largest absolute Gasteiger partial charge is 0.492 e. The Kier molecular flexibility index (Phi) is 3.55. The van der Waals surface area contributed by atoms with Gasteiger partial charge < -0.3 is 14.6 Å². The van der Waals surface area contributed by atoms with E-state index in [2.05, 4.69) is 21.2 Å². The zero-order valence-electron chi connectivity index (χ0n) is 11.3. The van der Waals surface area contributed by atoms with Crippen molar-refractivity contribution in [2.24, 2.45) is 7.05 Å². The van der Waals surface area contributed by atoms with Gasteiger partial charge in [-0.15, -0.1) is 0 Å². The van der Waals surface area contributed by atoms with Crippen molar-refractivity contribution >= 4 is 27.5 Å². The lowest BCUT2D eigenvalue weighted by molar-refractivity contribution is -0.117. The Labute approximate surface area is 129 Å². The molecule has 1 aliphatic heterocycles. The van der Waals surface area contributed by atoms with Crippen LogP contribution in [0.15, 0.2) is 45.8 Å². The van der Waals surface area contributed by atoms with Crippen molar-refractivity contribution in [3.63, 3.8) is 0 Å². The normalized spacial score (nSPS) is 16.2. The van der Waals surface area contributed by atoms with E-state index >= 15 is 0 Å². The van der Waals surface area contributed by atoms with Gasteiger partial charge in [0.25, 0.3) is 5.56 Å². The number of amides is 1. The monoisotopic (exact) mass is 348 g/mol. The Morgan fingerprint density at radius 2 is 2.19 bits per heavy atom. The van der Waals surface area contributed by atoms with E-state index in [-0.39, 0.29) is 17.2 Å². The molecule has 1 amide bonds. The van der Waals surface area contributed by atoms with Crippen molar-refractivity contribution in [1.29, 1.82) is 0 Å². The predicted octanol–water partition coefficient (Wildman–Crippen LogP) is 2.26. The highest BCUT2D eigenvalue weighted by atomic mass is 79.9. The number of aryl methyl sites for hydroxylation is 1. The summed E-state index contributed by atoms with van der Waals surface area (Å²) in [4.78, 5) is 24.4. The van der Waals surface area contributed by atoms with E-state index in [9.17, 15) is 9.59 Å². The third-order valence-electron chi connectivity index (χ3n) is 3.42. The lowest BCUT2D eigenvalue weighted by atomic mass is 10.0. The molecular weight excluding hydrogens is 336 g/mol. The molecule has 5 nitrogen and oxygen atoms in total. The third kappa shape index (κ3) is 2.58. The maximum atomic E-state index is 12.4. The summed E-state index contributed by atoms with van der Waals surface area (Å²) in [5.41, 5.74) is 0.849. The van der Waals surface area contributed by atoms with Gasteiger partial charge in [-0.05, 0) is 28.1 Å². The minimum Gasteiger partial charge on any atom is -0.492 e. The first-order chi connectivity index (χ1) is 10.1. The van der Waals surface area contributed by atoms with E-state index in [0.717, 1.165) is 15.8 Å². The molecule has 0 spiro atoms. The predicted molar refractivity (Wildman–Crippen MR) is 82.7 cm³/mol. The molecule has 0 saturated heterocycles. The van der Waals surface area contributed by atoms with Gasteiger partial charge in [0.15, 0.2) is 0 Å². The maximum Gasteiger partial charge on any atom is 0.274 e. The second-order valence-corrected chi connectivity index (χ2v) is 5.79. The van der Waals surface area contributed by atoms with E-state index in [1.807, 2.05) is 24.3 Å². The number of ether oxygens (including phenoxy) is 1. The van der Waals surface area contributed by atoms with Gasteiger partial charge in [-0.1, -0.05) is 18.2 Å². The summed E-state index contributed by atoms with van der Waals surface area (Å²) in [6, 6.07) is 9.03. The highest BCUT2D eigenvalue weighted by molar-refractivity contribution is 9.10. The topological polar surface area (TPSA) is 60.3 Å². The minimum absolute atomic E-state index is 0.241. The summed E-state index contributed by atoms with van der Waals surface area (Å²) in [5.74, 6) is 0.0832. The summed E-state index contributed by atoms with van der Waals surface area (Å²) in [6.45, 7) is 0.291. The SMILES string of the molecule is Cn1cc(Br)cc(NC(=O)[C@@H]2COc3ccccc32)c1=O. The molecule has 2 heterocycles. The number of carbonyl (C=O) groups excluding carboxylic acids is 1. The number of nitrogens with zero attached hydrogens (tertiary/aromatic N) is 1. The Bertz CT molecular complexity index is 770. The standard InChI is InChI=1S/C15H13BrN2O3/c1-18-7-9(16)6-12(15(18)20)17-14(19)11-8-21-13-5-3-2-4-10(11)13/h2-7,11H,8H2,1H3,(H,17,19)/t11-/m1/s1. The van der Waals surface area contributed by atoms with Crippen LogP contribution in [0.25, 0.3) is 0 Å². The average molecular weight is 349 g/mol. The molecule has 0 fully saturated rings. The minimum atomic E-state index is -0.398. The van der Waals surface area contributed by atoms with E-state index in [0.29, 0.717) is 6.61 Å². The van der Waals surface area contributed by atoms with Crippen molar-refractivity contribution in [2.75, 3.05) is 11.9 Å². The first kappa shape index (κ1) is 13.9. The molecule has 0 aliphatic carbocycles. The Morgan fingerprint density at radius 1 is 1.43 bits per heavy atom. The molecule has 3 rings (SSSR count). The van der Waals surface area contributed by atoms with Crippen molar-refractivity contribution in [1.82, 2.24) is 4.57 Å². The number of pyridine rings is 1.